The molecule has 0 atom stereocenters. The molecule has 0 aliphatic carbocycles. The molecule has 3 N–H and O–H groups in total. The molecule has 0 radical (unpaired) electrons. The molecule has 5 nitrogen and oxygen atoms in total. The van der Waals surface area contributed by atoms with Crippen LogP contribution in [-0.2, 0) is 10.0 Å². The molecule has 0 aromatic heterocycles. The molecule has 0 heterocycles. The lowest BCUT2D eigenvalue weighted by Crippen LogP contribution is -2.15. The van der Waals surface area contributed by atoms with Crippen LogP contribution in [0.3, 0.4) is 0 Å². The molecule has 0 unspecified atom stereocenters. The first kappa shape index (κ1) is 15.4. The van der Waals surface area contributed by atoms with Crippen molar-refractivity contribution >= 4 is 37.3 Å². The van der Waals surface area contributed by atoms with Crippen LogP contribution < -0.4 is 10.5 Å². The first-order valence-corrected chi connectivity index (χ1v) is 8.20. The van der Waals surface area contributed by atoms with Crippen LogP contribution in [0.25, 0.3) is 0 Å². The van der Waals surface area contributed by atoms with Crippen LogP contribution in [0.15, 0.2) is 45.8 Å². The summed E-state index contributed by atoms with van der Waals surface area (Å²) in [5.74, 6) is 0. The molecular weight excluding hydrogens is 354 g/mol. The number of sulfonamides is 1. The van der Waals surface area contributed by atoms with E-state index in [9.17, 15) is 8.42 Å². The zero-order valence-electron chi connectivity index (χ0n) is 11.1. The fourth-order valence-corrected chi connectivity index (χ4v) is 3.54. The normalized spacial score (nSPS) is 10.9. The molecule has 108 valence electrons. The Hall–Kier alpha value is -2.04. The third-order valence-corrected chi connectivity index (χ3v) is 4.97. The third-order valence-electron chi connectivity index (χ3n) is 2.96. The second kappa shape index (κ2) is 5.76. The molecular formula is C14H12BrN3O2S. The van der Waals surface area contributed by atoms with Crippen molar-refractivity contribution in [3.05, 3.63) is 52.0 Å². The largest absolute Gasteiger partial charge is 0.398 e. The Morgan fingerprint density at radius 2 is 2.00 bits per heavy atom. The summed E-state index contributed by atoms with van der Waals surface area (Å²) in [6, 6.07) is 11.4. The molecule has 2 aromatic carbocycles. The number of nitriles is 1. The molecule has 0 aliphatic heterocycles. The number of hydrogen-bond acceptors (Lipinski definition) is 4. The van der Waals surface area contributed by atoms with E-state index in [-0.39, 0.29) is 16.1 Å². The SMILES string of the molecule is Cc1c(N)cccc1S(=O)(=O)Nc1ccc(Br)cc1C#N. The van der Waals surface area contributed by atoms with Gasteiger partial charge in [0, 0.05) is 10.2 Å². The number of nitrogens with two attached hydrogens (primary N) is 1. The van der Waals surface area contributed by atoms with Gasteiger partial charge in [0.2, 0.25) is 0 Å². The fraction of sp³-hybridized carbons (Fsp3) is 0.0714. The van der Waals surface area contributed by atoms with Crippen molar-refractivity contribution in [1.82, 2.24) is 0 Å². The van der Waals surface area contributed by atoms with Gasteiger partial charge in [0.05, 0.1) is 16.1 Å². The molecule has 0 bridgehead atoms. The van der Waals surface area contributed by atoms with Crippen molar-refractivity contribution in [3.63, 3.8) is 0 Å². The zero-order valence-corrected chi connectivity index (χ0v) is 13.5. The van der Waals surface area contributed by atoms with E-state index in [2.05, 4.69) is 20.7 Å². The molecule has 0 amide bonds. The second-order valence-corrected chi connectivity index (χ2v) is 6.94. The predicted octanol–water partition coefficient (Wildman–Crippen LogP) is 3.01. The Kier molecular flexibility index (Phi) is 4.21. The van der Waals surface area contributed by atoms with Crippen LogP contribution in [0, 0.1) is 18.3 Å². The molecule has 7 heteroatoms. The van der Waals surface area contributed by atoms with Gasteiger partial charge in [0.1, 0.15) is 6.07 Å². The van der Waals surface area contributed by atoms with E-state index >= 15 is 0 Å². The van der Waals surface area contributed by atoms with Crippen molar-refractivity contribution < 1.29 is 8.42 Å². The van der Waals surface area contributed by atoms with Crippen molar-refractivity contribution in [2.24, 2.45) is 0 Å². The Labute approximate surface area is 131 Å². The topological polar surface area (TPSA) is 96.0 Å². The van der Waals surface area contributed by atoms with Gasteiger partial charge in [-0.3, -0.25) is 4.72 Å². The Morgan fingerprint density at radius 3 is 2.67 bits per heavy atom. The number of nitrogens with one attached hydrogen (secondary N) is 1. The highest BCUT2D eigenvalue weighted by atomic mass is 79.9. The van der Waals surface area contributed by atoms with Gasteiger partial charge in [-0.1, -0.05) is 22.0 Å². The number of benzene rings is 2. The number of hydrogen-bond donors (Lipinski definition) is 2. The molecule has 0 spiro atoms. The van der Waals surface area contributed by atoms with Crippen molar-refractivity contribution in [3.8, 4) is 6.07 Å². The summed E-state index contributed by atoms with van der Waals surface area (Å²) in [5.41, 5.74) is 7.06. The monoisotopic (exact) mass is 365 g/mol. The van der Waals surface area contributed by atoms with Gasteiger partial charge in [-0.2, -0.15) is 5.26 Å². The number of nitrogens with zero attached hydrogens (tertiary/aromatic N) is 1. The highest BCUT2D eigenvalue weighted by Crippen LogP contribution is 2.26. The maximum atomic E-state index is 12.4. The maximum absolute atomic E-state index is 12.4. The molecule has 21 heavy (non-hydrogen) atoms. The van der Waals surface area contributed by atoms with Crippen LogP contribution in [0.1, 0.15) is 11.1 Å². The molecule has 0 fully saturated rings. The number of rotatable bonds is 3. The second-order valence-electron chi connectivity index (χ2n) is 4.38. The van der Waals surface area contributed by atoms with Gasteiger partial charge in [-0.15, -0.1) is 0 Å². The van der Waals surface area contributed by atoms with E-state index in [4.69, 9.17) is 11.0 Å². The van der Waals surface area contributed by atoms with Gasteiger partial charge >= 0.3 is 0 Å². The van der Waals surface area contributed by atoms with E-state index in [0.29, 0.717) is 15.7 Å². The van der Waals surface area contributed by atoms with Crippen LogP contribution in [-0.4, -0.2) is 8.42 Å². The van der Waals surface area contributed by atoms with Gasteiger partial charge in [0.25, 0.3) is 10.0 Å². The summed E-state index contributed by atoms with van der Waals surface area (Å²) in [5, 5.41) is 9.08. The third kappa shape index (κ3) is 3.17. The van der Waals surface area contributed by atoms with E-state index in [1.165, 1.54) is 12.1 Å². The molecule has 0 saturated carbocycles. The van der Waals surface area contributed by atoms with Crippen molar-refractivity contribution in [2.75, 3.05) is 10.5 Å². The van der Waals surface area contributed by atoms with Gasteiger partial charge in [-0.25, -0.2) is 8.42 Å². The average molecular weight is 366 g/mol. The highest BCUT2D eigenvalue weighted by Gasteiger charge is 2.19. The zero-order chi connectivity index (χ0) is 15.6. The summed E-state index contributed by atoms with van der Waals surface area (Å²) in [6.45, 7) is 1.64. The van der Waals surface area contributed by atoms with Crippen LogP contribution in [0.4, 0.5) is 11.4 Å². The van der Waals surface area contributed by atoms with Gasteiger partial charge in [0.15, 0.2) is 0 Å². The molecule has 0 saturated heterocycles. The number of anilines is 2. The minimum atomic E-state index is -3.81. The first-order chi connectivity index (χ1) is 9.85. The molecule has 2 rings (SSSR count). The Bertz CT molecular complexity index is 842. The predicted molar refractivity (Wildman–Crippen MR) is 85.3 cm³/mol. The molecule has 0 aliphatic rings. The molecule has 2 aromatic rings. The highest BCUT2D eigenvalue weighted by molar-refractivity contribution is 9.10. The van der Waals surface area contributed by atoms with E-state index in [0.717, 1.165) is 0 Å². The van der Waals surface area contributed by atoms with E-state index < -0.39 is 10.0 Å². The first-order valence-electron chi connectivity index (χ1n) is 5.92. The van der Waals surface area contributed by atoms with Gasteiger partial charge < -0.3 is 5.73 Å². The van der Waals surface area contributed by atoms with Crippen LogP contribution in [0.2, 0.25) is 0 Å². The Morgan fingerprint density at radius 1 is 1.29 bits per heavy atom. The van der Waals surface area contributed by atoms with Crippen molar-refractivity contribution in [1.29, 1.82) is 5.26 Å². The minimum absolute atomic E-state index is 0.0920. The summed E-state index contributed by atoms with van der Waals surface area (Å²) in [4.78, 5) is 0.0920. The minimum Gasteiger partial charge on any atom is -0.398 e. The lowest BCUT2D eigenvalue weighted by molar-refractivity contribution is 0.600. The van der Waals surface area contributed by atoms with Crippen LogP contribution >= 0.6 is 15.9 Å². The summed E-state index contributed by atoms with van der Waals surface area (Å²) < 4.78 is 28.0. The smallest absolute Gasteiger partial charge is 0.262 e. The number of halogens is 1. The lowest BCUT2D eigenvalue weighted by Gasteiger charge is -2.12. The maximum Gasteiger partial charge on any atom is 0.262 e. The quantitative estimate of drug-likeness (QED) is 0.817. The number of nitrogen functional groups attached to an aromatic ring is 1. The lowest BCUT2D eigenvalue weighted by atomic mass is 10.2. The van der Waals surface area contributed by atoms with E-state index in [1.807, 2.05) is 6.07 Å². The van der Waals surface area contributed by atoms with Gasteiger partial charge in [-0.05, 0) is 42.8 Å². The van der Waals surface area contributed by atoms with E-state index in [1.54, 1.807) is 31.2 Å². The fourth-order valence-electron chi connectivity index (χ4n) is 1.82. The van der Waals surface area contributed by atoms with Crippen LogP contribution in [0.5, 0.6) is 0 Å². The Balaban J connectivity index is 2.48. The summed E-state index contributed by atoms with van der Waals surface area (Å²) >= 11 is 3.24. The summed E-state index contributed by atoms with van der Waals surface area (Å²) in [7, 11) is -3.81. The summed E-state index contributed by atoms with van der Waals surface area (Å²) in [6.07, 6.45) is 0. The standard InChI is InChI=1S/C14H12BrN3O2S/c1-9-12(17)3-2-4-14(9)21(19,20)18-13-6-5-11(15)7-10(13)8-16/h2-7,18H,17H2,1H3. The average Bonchev–Trinajstić information content (AvgIpc) is 2.43. The van der Waals surface area contributed by atoms with Crippen molar-refractivity contribution in [2.45, 2.75) is 11.8 Å².